The molecule has 0 amide bonds. The highest BCUT2D eigenvalue weighted by Crippen LogP contribution is 2.40. The van der Waals surface area contributed by atoms with Crippen molar-refractivity contribution in [2.45, 2.75) is 51.8 Å². The summed E-state index contributed by atoms with van der Waals surface area (Å²) in [5, 5.41) is 0. The molecule has 1 fully saturated rings. The first-order chi connectivity index (χ1) is 6.02. The third-order valence-corrected chi connectivity index (χ3v) is 5.30. The predicted molar refractivity (Wildman–Crippen MR) is 63.2 cm³/mol. The van der Waals surface area contributed by atoms with Crippen molar-refractivity contribution in [2.75, 3.05) is 0 Å². The molecule has 0 N–H and O–H groups in total. The molecule has 1 rings (SSSR count). The van der Waals surface area contributed by atoms with E-state index >= 15 is 0 Å². The third-order valence-electron chi connectivity index (χ3n) is 3.57. The van der Waals surface area contributed by atoms with Crippen LogP contribution in [-0.2, 0) is 0 Å². The Morgan fingerprint density at radius 3 is 2.31 bits per heavy atom. The molecule has 1 aliphatic rings. The van der Waals surface area contributed by atoms with Gasteiger partial charge in [0, 0.05) is 4.83 Å². The Morgan fingerprint density at radius 1 is 1.15 bits per heavy atom. The normalized spacial score (nSPS) is 37.8. The van der Waals surface area contributed by atoms with Crippen LogP contribution in [0.1, 0.15) is 47.0 Å². The maximum absolute atomic E-state index is 3.87. The predicted octanol–water partition coefficient (Wildman–Crippen LogP) is 4.48. The molecule has 0 aliphatic heterocycles. The lowest BCUT2D eigenvalue weighted by Crippen LogP contribution is -2.31. The number of halogens is 1. The second kappa shape index (κ2) is 4.82. The minimum atomic E-state index is 0.727. The zero-order chi connectivity index (χ0) is 10.0. The van der Waals surface area contributed by atoms with E-state index < -0.39 is 0 Å². The quantitative estimate of drug-likeness (QED) is 0.631. The molecule has 0 radical (unpaired) electrons. The number of rotatable bonds is 2. The first-order valence-corrected chi connectivity index (χ1v) is 6.58. The summed E-state index contributed by atoms with van der Waals surface area (Å²) in [6.45, 7) is 9.48. The highest BCUT2D eigenvalue weighted by atomic mass is 79.9. The lowest BCUT2D eigenvalue weighted by atomic mass is 9.72. The molecule has 0 aromatic carbocycles. The fraction of sp³-hybridized carbons (Fsp3) is 1.00. The summed E-state index contributed by atoms with van der Waals surface area (Å²) in [4.78, 5) is 0.727. The SMILES string of the molecule is CC1CCC(C)C(C(Br)C(C)C)C1. The van der Waals surface area contributed by atoms with Gasteiger partial charge >= 0.3 is 0 Å². The van der Waals surface area contributed by atoms with Crippen LogP contribution in [0.25, 0.3) is 0 Å². The summed E-state index contributed by atoms with van der Waals surface area (Å²) in [5.41, 5.74) is 0. The molecule has 1 aliphatic carbocycles. The van der Waals surface area contributed by atoms with Crippen LogP contribution in [0.5, 0.6) is 0 Å². The second-order valence-corrected chi connectivity index (χ2v) is 6.31. The molecule has 4 atom stereocenters. The van der Waals surface area contributed by atoms with Gasteiger partial charge in [0.2, 0.25) is 0 Å². The van der Waals surface area contributed by atoms with Gasteiger partial charge < -0.3 is 0 Å². The molecule has 0 nitrogen and oxygen atoms in total. The van der Waals surface area contributed by atoms with Crippen molar-refractivity contribution in [3.05, 3.63) is 0 Å². The van der Waals surface area contributed by atoms with Gasteiger partial charge in [0.25, 0.3) is 0 Å². The fourth-order valence-electron chi connectivity index (χ4n) is 2.51. The molecule has 0 heterocycles. The highest BCUT2D eigenvalue weighted by molar-refractivity contribution is 9.09. The van der Waals surface area contributed by atoms with Gasteiger partial charge in [-0.15, -0.1) is 0 Å². The van der Waals surface area contributed by atoms with Crippen molar-refractivity contribution in [1.29, 1.82) is 0 Å². The van der Waals surface area contributed by atoms with Crippen molar-refractivity contribution < 1.29 is 0 Å². The van der Waals surface area contributed by atoms with Crippen molar-refractivity contribution in [3.63, 3.8) is 0 Å². The molecule has 4 unspecified atom stereocenters. The van der Waals surface area contributed by atoms with Gasteiger partial charge in [0.15, 0.2) is 0 Å². The van der Waals surface area contributed by atoms with Crippen molar-refractivity contribution in [2.24, 2.45) is 23.7 Å². The summed E-state index contributed by atoms with van der Waals surface area (Å²) < 4.78 is 0. The first kappa shape index (κ1) is 11.6. The average Bonchev–Trinajstić information content (AvgIpc) is 2.08. The molecule has 0 saturated heterocycles. The molecule has 13 heavy (non-hydrogen) atoms. The molecule has 78 valence electrons. The fourth-order valence-corrected chi connectivity index (χ4v) is 3.25. The van der Waals surface area contributed by atoms with Gasteiger partial charge in [-0.2, -0.15) is 0 Å². The Morgan fingerprint density at radius 2 is 1.77 bits per heavy atom. The van der Waals surface area contributed by atoms with Crippen LogP contribution in [0.3, 0.4) is 0 Å². The zero-order valence-corrected chi connectivity index (χ0v) is 11.0. The molecule has 0 aromatic heterocycles. The smallest absolute Gasteiger partial charge is 0.0199 e. The van der Waals surface area contributed by atoms with Gasteiger partial charge in [-0.1, -0.05) is 56.5 Å². The van der Waals surface area contributed by atoms with Gasteiger partial charge in [0.05, 0.1) is 0 Å². The largest absolute Gasteiger partial charge is 0.0885 e. The Balaban J connectivity index is 2.54. The van der Waals surface area contributed by atoms with Crippen molar-refractivity contribution in [1.82, 2.24) is 0 Å². The van der Waals surface area contributed by atoms with Gasteiger partial charge in [-0.05, 0) is 30.1 Å². The Hall–Kier alpha value is 0.480. The maximum Gasteiger partial charge on any atom is 0.0199 e. The minimum absolute atomic E-state index is 0.727. The molecular formula is C12H23Br. The maximum atomic E-state index is 3.87. The second-order valence-electron chi connectivity index (χ2n) is 5.25. The minimum Gasteiger partial charge on any atom is -0.0885 e. The lowest BCUT2D eigenvalue weighted by Gasteiger charge is -2.37. The van der Waals surface area contributed by atoms with Crippen molar-refractivity contribution >= 4 is 15.9 Å². The van der Waals surface area contributed by atoms with E-state index in [0.717, 1.165) is 28.5 Å². The Kier molecular flexibility index (Phi) is 4.28. The summed E-state index contributed by atoms with van der Waals surface area (Å²) in [5.74, 6) is 3.55. The summed E-state index contributed by atoms with van der Waals surface area (Å²) in [6.07, 6.45) is 4.30. The lowest BCUT2D eigenvalue weighted by molar-refractivity contribution is 0.186. The summed E-state index contributed by atoms with van der Waals surface area (Å²) >= 11 is 3.87. The standard InChI is InChI=1S/C12H23Br/c1-8(2)12(13)11-7-9(3)5-6-10(11)4/h8-12H,5-7H2,1-4H3. The average molecular weight is 247 g/mol. The third kappa shape index (κ3) is 2.97. The molecule has 0 bridgehead atoms. The highest BCUT2D eigenvalue weighted by Gasteiger charge is 2.31. The van der Waals surface area contributed by atoms with Crippen molar-refractivity contribution in [3.8, 4) is 0 Å². The Bertz CT molecular complexity index is 153. The van der Waals surface area contributed by atoms with Gasteiger partial charge in [-0.3, -0.25) is 0 Å². The topological polar surface area (TPSA) is 0 Å². The summed E-state index contributed by atoms with van der Waals surface area (Å²) in [7, 11) is 0. The molecule has 0 spiro atoms. The van der Waals surface area contributed by atoms with Gasteiger partial charge in [0.1, 0.15) is 0 Å². The Labute approximate surface area is 91.6 Å². The van der Waals surface area contributed by atoms with Crippen LogP contribution in [0.4, 0.5) is 0 Å². The van der Waals surface area contributed by atoms with E-state index in [2.05, 4.69) is 43.6 Å². The summed E-state index contributed by atoms with van der Waals surface area (Å²) in [6, 6.07) is 0. The van der Waals surface area contributed by atoms with E-state index in [9.17, 15) is 0 Å². The van der Waals surface area contributed by atoms with Crippen LogP contribution >= 0.6 is 15.9 Å². The van der Waals surface area contributed by atoms with Crippen LogP contribution in [-0.4, -0.2) is 4.83 Å². The zero-order valence-electron chi connectivity index (χ0n) is 9.39. The van der Waals surface area contributed by atoms with E-state index in [1.165, 1.54) is 19.3 Å². The monoisotopic (exact) mass is 246 g/mol. The molecular weight excluding hydrogens is 224 g/mol. The van der Waals surface area contributed by atoms with E-state index in [-0.39, 0.29) is 0 Å². The first-order valence-electron chi connectivity index (χ1n) is 5.66. The number of hydrogen-bond acceptors (Lipinski definition) is 0. The van der Waals surface area contributed by atoms with Crippen LogP contribution < -0.4 is 0 Å². The molecule has 0 aromatic rings. The van der Waals surface area contributed by atoms with Crippen LogP contribution in [0.15, 0.2) is 0 Å². The van der Waals surface area contributed by atoms with Crippen LogP contribution in [0.2, 0.25) is 0 Å². The van der Waals surface area contributed by atoms with E-state index in [4.69, 9.17) is 0 Å². The van der Waals surface area contributed by atoms with E-state index in [1.54, 1.807) is 0 Å². The van der Waals surface area contributed by atoms with E-state index in [0.29, 0.717) is 0 Å². The molecule has 1 saturated carbocycles. The molecule has 1 heteroatoms. The number of hydrogen-bond donors (Lipinski definition) is 0. The number of alkyl halides is 1. The van der Waals surface area contributed by atoms with Crippen LogP contribution in [0, 0.1) is 23.7 Å². The van der Waals surface area contributed by atoms with E-state index in [1.807, 2.05) is 0 Å². The van der Waals surface area contributed by atoms with Gasteiger partial charge in [-0.25, -0.2) is 0 Å².